The highest BCUT2D eigenvalue weighted by molar-refractivity contribution is 5.99. The molecule has 1 amide bonds. The molecule has 29 heavy (non-hydrogen) atoms. The van der Waals surface area contributed by atoms with Crippen molar-refractivity contribution in [1.29, 1.82) is 0 Å². The summed E-state index contributed by atoms with van der Waals surface area (Å²) in [7, 11) is 2.06. The summed E-state index contributed by atoms with van der Waals surface area (Å²) < 4.78 is 11.0. The van der Waals surface area contributed by atoms with Crippen molar-refractivity contribution >= 4 is 11.7 Å². The lowest BCUT2D eigenvalue weighted by atomic mass is 9.94. The summed E-state index contributed by atoms with van der Waals surface area (Å²) in [6, 6.07) is 6.02. The number of anilines is 1. The zero-order valence-corrected chi connectivity index (χ0v) is 17.3. The van der Waals surface area contributed by atoms with Gasteiger partial charge in [-0.25, -0.2) is 4.98 Å². The zero-order valence-electron chi connectivity index (χ0n) is 17.3. The van der Waals surface area contributed by atoms with Crippen molar-refractivity contribution in [2.24, 2.45) is 5.92 Å². The second kappa shape index (κ2) is 8.95. The Bertz CT molecular complexity index is 831. The van der Waals surface area contributed by atoms with Gasteiger partial charge in [-0.15, -0.1) is 0 Å². The first-order valence-corrected chi connectivity index (χ1v) is 10.6. The van der Waals surface area contributed by atoms with Crippen LogP contribution in [0.5, 0.6) is 0 Å². The molecule has 156 valence electrons. The van der Waals surface area contributed by atoms with Gasteiger partial charge in [0.25, 0.3) is 5.91 Å². The smallest absolute Gasteiger partial charge is 0.255 e. The molecule has 1 N–H and O–H groups in total. The van der Waals surface area contributed by atoms with Gasteiger partial charge in [0.1, 0.15) is 11.6 Å². The van der Waals surface area contributed by atoms with Crippen LogP contribution in [0.1, 0.15) is 53.9 Å². The van der Waals surface area contributed by atoms with Crippen LogP contribution in [0.25, 0.3) is 0 Å². The number of nitrogens with one attached hydrogen (secondary N) is 1. The SMILES string of the molecule is Cc1cc(CC2COCC2NC(=O)c2cccnc2N(C)C2CCCCC2)on1. The predicted molar refractivity (Wildman–Crippen MR) is 110 cm³/mol. The summed E-state index contributed by atoms with van der Waals surface area (Å²) in [5, 5.41) is 7.13. The molecule has 2 aliphatic rings. The molecule has 1 aliphatic heterocycles. The Kier molecular flexibility index (Phi) is 6.13. The summed E-state index contributed by atoms with van der Waals surface area (Å²) in [5.74, 6) is 1.67. The van der Waals surface area contributed by atoms with Crippen molar-refractivity contribution < 1.29 is 14.1 Å². The van der Waals surface area contributed by atoms with Gasteiger partial charge >= 0.3 is 0 Å². The number of nitrogens with zero attached hydrogens (tertiary/aromatic N) is 3. The average Bonchev–Trinajstić information content (AvgIpc) is 3.37. The van der Waals surface area contributed by atoms with Gasteiger partial charge in [-0.2, -0.15) is 0 Å². The molecular formula is C22H30N4O3. The van der Waals surface area contributed by atoms with Crippen molar-refractivity contribution in [3.63, 3.8) is 0 Å². The standard InChI is InChI=1S/C22H30N4O3/c1-15-11-18(29-25-15)12-16-13-28-14-20(16)24-22(27)19-9-6-10-23-21(19)26(2)17-7-4-3-5-8-17/h6,9-11,16-17,20H,3-5,7-8,12-14H2,1-2H3,(H,24,27). The zero-order chi connectivity index (χ0) is 20.2. The summed E-state index contributed by atoms with van der Waals surface area (Å²) in [6.45, 7) is 3.02. The average molecular weight is 399 g/mol. The maximum Gasteiger partial charge on any atom is 0.255 e. The number of amides is 1. The summed E-state index contributed by atoms with van der Waals surface area (Å²) in [6.07, 6.45) is 8.56. The van der Waals surface area contributed by atoms with E-state index in [1.165, 1.54) is 19.3 Å². The van der Waals surface area contributed by atoms with Crippen molar-refractivity contribution in [2.75, 3.05) is 25.2 Å². The van der Waals surface area contributed by atoms with E-state index in [0.29, 0.717) is 31.2 Å². The maximum absolute atomic E-state index is 13.1. The molecule has 1 aliphatic carbocycles. The van der Waals surface area contributed by atoms with E-state index in [1.807, 2.05) is 25.1 Å². The van der Waals surface area contributed by atoms with Crippen molar-refractivity contribution in [2.45, 2.75) is 57.5 Å². The highest BCUT2D eigenvalue weighted by Gasteiger charge is 2.32. The van der Waals surface area contributed by atoms with Gasteiger partial charge in [0.2, 0.25) is 0 Å². The van der Waals surface area contributed by atoms with Crippen LogP contribution in [0.15, 0.2) is 28.9 Å². The summed E-state index contributed by atoms with van der Waals surface area (Å²) >= 11 is 0. The highest BCUT2D eigenvalue weighted by Crippen LogP contribution is 2.27. The first-order chi connectivity index (χ1) is 14.1. The Morgan fingerprint density at radius 2 is 2.10 bits per heavy atom. The van der Waals surface area contributed by atoms with Crippen LogP contribution in [-0.2, 0) is 11.2 Å². The van der Waals surface area contributed by atoms with Crippen molar-refractivity contribution in [3.05, 3.63) is 41.4 Å². The molecule has 2 fully saturated rings. The normalized spacial score (nSPS) is 22.6. The fraction of sp³-hybridized carbons (Fsp3) is 0.591. The molecule has 2 aromatic rings. The number of aryl methyl sites for hydroxylation is 1. The van der Waals surface area contributed by atoms with E-state index in [4.69, 9.17) is 9.26 Å². The maximum atomic E-state index is 13.1. The predicted octanol–water partition coefficient (Wildman–Crippen LogP) is 3.13. The quantitative estimate of drug-likeness (QED) is 0.805. The largest absolute Gasteiger partial charge is 0.379 e. The van der Waals surface area contributed by atoms with E-state index in [2.05, 4.69) is 27.4 Å². The van der Waals surface area contributed by atoms with Crippen LogP contribution < -0.4 is 10.2 Å². The number of ether oxygens (including phenoxy) is 1. The molecule has 0 aromatic carbocycles. The van der Waals surface area contributed by atoms with Crippen LogP contribution in [0.4, 0.5) is 5.82 Å². The van der Waals surface area contributed by atoms with Gasteiger partial charge in [0.15, 0.2) is 0 Å². The third kappa shape index (κ3) is 4.61. The number of hydrogen-bond donors (Lipinski definition) is 1. The molecular weight excluding hydrogens is 368 g/mol. The number of aromatic nitrogens is 2. The fourth-order valence-electron chi connectivity index (χ4n) is 4.47. The van der Waals surface area contributed by atoms with E-state index in [0.717, 1.165) is 30.1 Å². The van der Waals surface area contributed by atoms with Gasteiger partial charge in [-0.05, 0) is 31.9 Å². The minimum Gasteiger partial charge on any atom is -0.379 e. The minimum absolute atomic E-state index is 0.0547. The first-order valence-electron chi connectivity index (χ1n) is 10.6. The fourth-order valence-corrected chi connectivity index (χ4v) is 4.47. The Morgan fingerprint density at radius 1 is 1.28 bits per heavy atom. The topological polar surface area (TPSA) is 80.5 Å². The molecule has 2 unspecified atom stereocenters. The Morgan fingerprint density at radius 3 is 2.86 bits per heavy atom. The molecule has 1 saturated carbocycles. The number of pyridine rings is 1. The Labute approximate surface area is 171 Å². The van der Waals surface area contributed by atoms with Crippen LogP contribution in [0, 0.1) is 12.8 Å². The van der Waals surface area contributed by atoms with E-state index in [9.17, 15) is 4.79 Å². The van der Waals surface area contributed by atoms with E-state index in [-0.39, 0.29) is 17.9 Å². The van der Waals surface area contributed by atoms with E-state index in [1.54, 1.807) is 6.20 Å². The molecule has 1 saturated heterocycles. The third-order valence-corrected chi connectivity index (χ3v) is 6.14. The Hall–Kier alpha value is -2.41. The van der Waals surface area contributed by atoms with E-state index < -0.39 is 0 Å². The first kappa shape index (κ1) is 19.9. The van der Waals surface area contributed by atoms with Crippen molar-refractivity contribution in [1.82, 2.24) is 15.5 Å². The second-order valence-electron chi connectivity index (χ2n) is 8.29. The van der Waals surface area contributed by atoms with Crippen LogP contribution in [-0.4, -0.2) is 48.4 Å². The number of carbonyl (C=O) groups is 1. The molecule has 0 bridgehead atoms. The third-order valence-electron chi connectivity index (χ3n) is 6.14. The number of rotatable bonds is 6. The molecule has 2 atom stereocenters. The lowest BCUT2D eigenvalue weighted by Crippen LogP contribution is -2.42. The summed E-state index contributed by atoms with van der Waals surface area (Å²) in [4.78, 5) is 19.9. The van der Waals surface area contributed by atoms with Gasteiger partial charge < -0.3 is 19.5 Å². The van der Waals surface area contributed by atoms with E-state index >= 15 is 0 Å². The summed E-state index contributed by atoms with van der Waals surface area (Å²) in [5.41, 5.74) is 1.49. The molecule has 0 radical (unpaired) electrons. The minimum atomic E-state index is -0.0926. The number of hydrogen-bond acceptors (Lipinski definition) is 6. The van der Waals surface area contributed by atoms with Gasteiger partial charge in [-0.3, -0.25) is 4.79 Å². The molecule has 0 spiro atoms. The van der Waals surface area contributed by atoms with Gasteiger partial charge in [0.05, 0.1) is 30.5 Å². The van der Waals surface area contributed by atoms with Crippen LogP contribution >= 0.6 is 0 Å². The second-order valence-corrected chi connectivity index (χ2v) is 8.29. The molecule has 7 heteroatoms. The molecule has 3 heterocycles. The molecule has 4 rings (SSSR count). The van der Waals surface area contributed by atoms with Crippen LogP contribution in [0.3, 0.4) is 0 Å². The molecule has 2 aromatic heterocycles. The van der Waals surface area contributed by atoms with Gasteiger partial charge in [-0.1, -0.05) is 24.4 Å². The molecule has 7 nitrogen and oxygen atoms in total. The Balaban J connectivity index is 1.45. The van der Waals surface area contributed by atoms with Crippen LogP contribution in [0.2, 0.25) is 0 Å². The lowest BCUT2D eigenvalue weighted by molar-refractivity contribution is 0.0924. The lowest BCUT2D eigenvalue weighted by Gasteiger charge is -2.33. The van der Waals surface area contributed by atoms with Crippen molar-refractivity contribution in [3.8, 4) is 0 Å². The van der Waals surface area contributed by atoms with Gasteiger partial charge in [0, 0.05) is 37.7 Å². The monoisotopic (exact) mass is 398 g/mol. The number of carbonyl (C=O) groups excluding carboxylic acids is 1. The highest BCUT2D eigenvalue weighted by atomic mass is 16.5.